The molecule has 0 fully saturated rings. The first-order valence-corrected chi connectivity index (χ1v) is 9.12. The van der Waals surface area contributed by atoms with E-state index in [9.17, 15) is 9.90 Å². The van der Waals surface area contributed by atoms with Gasteiger partial charge in [-0.1, -0.05) is 40.2 Å². The highest BCUT2D eigenvalue weighted by molar-refractivity contribution is 9.10. The minimum absolute atomic E-state index is 0.0649. The van der Waals surface area contributed by atoms with E-state index in [1.165, 1.54) is 12.1 Å². The van der Waals surface area contributed by atoms with Crippen LogP contribution in [0.5, 0.6) is 17.2 Å². The second kappa shape index (κ2) is 7.29. The predicted molar refractivity (Wildman–Crippen MR) is 106 cm³/mol. The van der Waals surface area contributed by atoms with Gasteiger partial charge in [0.05, 0.1) is 5.56 Å². The van der Waals surface area contributed by atoms with Gasteiger partial charge in [-0.3, -0.25) is 4.79 Å². The number of benzene rings is 3. The Morgan fingerprint density at radius 2 is 1.74 bits per heavy atom. The Morgan fingerprint density at radius 3 is 2.48 bits per heavy atom. The Bertz CT molecular complexity index is 1020. The van der Waals surface area contributed by atoms with Crippen LogP contribution in [-0.4, -0.2) is 10.9 Å². The lowest BCUT2D eigenvalue weighted by atomic mass is 10.1. The molecule has 0 saturated carbocycles. The van der Waals surface area contributed by atoms with Crippen LogP contribution in [0.25, 0.3) is 6.08 Å². The smallest absolute Gasteiger partial charge is 0.231 e. The first kappa shape index (κ1) is 17.4. The summed E-state index contributed by atoms with van der Waals surface area (Å²) in [5.41, 5.74) is 2.36. The fourth-order valence-corrected chi connectivity index (χ4v) is 3.00. The van der Waals surface area contributed by atoms with Crippen molar-refractivity contribution >= 4 is 27.8 Å². The molecule has 0 atom stereocenters. The van der Waals surface area contributed by atoms with Gasteiger partial charge in [-0.05, 0) is 53.6 Å². The standard InChI is InChI=1S/C22H15BrO4/c23-16-5-1-15(2-6-16)13-26-18-8-3-14(4-9-18)11-21-22(25)19-10-7-17(24)12-20(19)27-21/h1-12,24H,13H2/b21-11-. The van der Waals surface area contributed by atoms with E-state index in [1.807, 2.05) is 48.5 Å². The molecule has 0 aliphatic carbocycles. The fraction of sp³-hybridized carbons (Fsp3) is 0.0455. The van der Waals surface area contributed by atoms with Crippen LogP contribution in [0, 0.1) is 0 Å². The average Bonchev–Trinajstić information content (AvgIpc) is 2.97. The van der Waals surface area contributed by atoms with Crippen molar-refractivity contribution in [2.75, 3.05) is 0 Å². The van der Waals surface area contributed by atoms with Gasteiger partial charge in [-0.15, -0.1) is 0 Å². The first-order valence-electron chi connectivity index (χ1n) is 8.33. The molecule has 134 valence electrons. The number of Topliss-reactive ketones (excluding diaryl/α,β-unsaturated/α-hetero) is 1. The molecule has 1 N–H and O–H groups in total. The van der Waals surface area contributed by atoms with E-state index in [2.05, 4.69) is 15.9 Å². The molecule has 27 heavy (non-hydrogen) atoms. The third kappa shape index (κ3) is 3.88. The maximum Gasteiger partial charge on any atom is 0.231 e. The van der Waals surface area contributed by atoms with E-state index in [4.69, 9.17) is 9.47 Å². The number of phenolic OH excluding ortho intramolecular Hbond substituents is 1. The number of hydrogen-bond acceptors (Lipinski definition) is 4. The minimum atomic E-state index is -0.194. The van der Waals surface area contributed by atoms with Gasteiger partial charge in [0.15, 0.2) is 5.76 Å². The molecule has 0 bridgehead atoms. The topological polar surface area (TPSA) is 55.8 Å². The molecule has 3 aromatic carbocycles. The Morgan fingerprint density at radius 1 is 1.00 bits per heavy atom. The number of aromatic hydroxyl groups is 1. The summed E-state index contributed by atoms with van der Waals surface area (Å²) < 4.78 is 12.4. The molecule has 0 unspecified atom stereocenters. The van der Waals surface area contributed by atoms with Crippen molar-refractivity contribution in [2.24, 2.45) is 0 Å². The monoisotopic (exact) mass is 422 g/mol. The first-order chi connectivity index (χ1) is 13.1. The van der Waals surface area contributed by atoms with Gasteiger partial charge in [0.2, 0.25) is 5.78 Å². The summed E-state index contributed by atoms with van der Waals surface area (Å²) in [4.78, 5) is 12.4. The zero-order valence-corrected chi connectivity index (χ0v) is 15.8. The van der Waals surface area contributed by atoms with E-state index in [-0.39, 0.29) is 17.3 Å². The lowest BCUT2D eigenvalue weighted by molar-refractivity contribution is 0.101. The Labute approximate surface area is 164 Å². The summed E-state index contributed by atoms with van der Waals surface area (Å²) in [5, 5.41) is 9.51. The van der Waals surface area contributed by atoms with E-state index in [0.717, 1.165) is 21.3 Å². The van der Waals surface area contributed by atoms with Gasteiger partial charge in [0, 0.05) is 10.5 Å². The van der Waals surface area contributed by atoms with Crippen LogP contribution in [-0.2, 0) is 6.61 Å². The molecule has 0 radical (unpaired) electrons. The molecule has 1 heterocycles. The largest absolute Gasteiger partial charge is 0.508 e. The summed E-state index contributed by atoms with van der Waals surface area (Å²) in [6, 6.07) is 19.9. The van der Waals surface area contributed by atoms with Crippen molar-refractivity contribution in [3.05, 3.63) is 93.7 Å². The van der Waals surface area contributed by atoms with Crippen LogP contribution in [0.2, 0.25) is 0 Å². The number of fused-ring (bicyclic) bond motifs is 1. The van der Waals surface area contributed by atoms with Crippen molar-refractivity contribution in [2.45, 2.75) is 6.61 Å². The van der Waals surface area contributed by atoms with Gasteiger partial charge in [0.25, 0.3) is 0 Å². The van der Waals surface area contributed by atoms with E-state index >= 15 is 0 Å². The molecule has 1 aliphatic heterocycles. The van der Waals surface area contributed by atoms with Crippen molar-refractivity contribution < 1.29 is 19.4 Å². The summed E-state index contributed by atoms with van der Waals surface area (Å²) in [7, 11) is 0. The molecule has 5 heteroatoms. The molecule has 4 nitrogen and oxygen atoms in total. The molecular weight excluding hydrogens is 408 g/mol. The highest BCUT2D eigenvalue weighted by Gasteiger charge is 2.27. The Balaban J connectivity index is 1.44. The summed E-state index contributed by atoms with van der Waals surface area (Å²) in [5.74, 6) is 1.22. The number of phenols is 1. The third-order valence-corrected chi connectivity index (χ3v) is 4.68. The molecule has 0 spiro atoms. The van der Waals surface area contributed by atoms with Crippen LogP contribution in [0.1, 0.15) is 21.5 Å². The number of carbonyl (C=O) groups is 1. The van der Waals surface area contributed by atoms with Gasteiger partial charge in [-0.2, -0.15) is 0 Å². The Hall–Kier alpha value is -3.05. The van der Waals surface area contributed by atoms with Crippen molar-refractivity contribution in [1.82, 2.24) is 0 Å². The lowest BCUT2D eigenvalue weighted by Gasteiger charge is -2.07. The van der Waals surface area contributed by atoms with E-state index in [0.29, 0.717) is 17.9 Å². The maximum absolute atomic E-state index is 12.4. The lowest BCUT2D eigenvalue weighted by Crippen LogP contribution is -1.98. The quantitative estimate of drug-likeness (QED) is 0.575. The number of halogens is 1. The molecule has 0 amide bonds. The SMILES string of the molecule is O=C1/C(=C/c2ccc(OCc3ccc(Br)cc3)cc2)Oc2cc(O)ccc21. The molecule has 0 aromatic heterocycles. The van der Waals surface area contributed by atoms with E-state index < -0.39 is 0 Å². The summed E-state index contributed by atoms with van der Waals surface area (Å²) in [6.45, 7) is 0.480. The minimum Gasteiger partial charge on any atom is -0.508 e. The summed E-state index contributed by atoms with van der Waals surface area (Å²) in [6.07, 6.45) is 1.68. The number of carbonyl (C=O) groups excluding carboxylic acids is 1. The molecule has 3 aromatic rings. The number of rotatable bonds is 4. The summed E-state index contributed by atoms with van der Waals surface area (Å²) >= 11 is 3.41. The highest BCUT2D eigenvalue weighted by atomic mass is 79.9. The second-order valence-corrected chi connectivity index (χ2v) is 7.02. The van der Waals surface area contributed by atoms with Crippen LogP contribution < -0.4 is 9.47 Å². The van der Waals surface area contributed by atoms with Gasteiger partial charge >= 0.3 is 0 Å². The fourth-order valence-electron chi connectivity index (χ4n) is 2.73. The predicted octanol–water partition coefficient (Wildman–Crippen LogP) is 5.35. The normalized spacial score (nSPS) is 14.1. The number of ether oxygens (including phenoxy) is 2. The van der Waals surface area contributed by atoms with Crippen molar-refractivity contribution in [1.29, 1.82) is 0 Å². The number of allylic oxidation sites excluding steroid dienone is 1. The number of ketones is 1. The van der Waals surface area contributed by atoms with Crippen molar-refractivity contribution in [3.63, 3.8) is 0 Å². The van der Waals surface area contributed by atoms with Crippen molar-refractivity contribution in [3.8, 4) is 17.2 Å². The molecule has 4 rings (SSSR count). The van der Waals surface area contributed by atoms with Gasteiger partial charge in [-0.25, -0.2) is 0 Å². The van der Waals surface area contributed by atoms with Crippen LogP contribution in [0.3, 0.4) is 0 Å². The van der Waals surface area contributed by atoms with Gasteiger partial charge < -0.3 is 14.6 Å². The zero-order chi connectivity index (χ0) is 18.8. The average molecular weight is 423 g/mol. The van der Waals surface area contributed by atoms with Crippen LogP contribution >= 0.6 is 15.9 Å². The third-order valence-electron chi connectivity index (χ3n) is 4.15. The molecule has 0 saturated heterocycles. The van der Waals surface area contributed by atoms with E-state index in [1.54, 1.807) is 12.1 Å². The molecular formula is C22H15BrO4. The van der Waals surface area contributed by atoms with Crippen LogP contribution in [0.4, 0.5) is 0 Å². The highest BCUT2D eigenvalue weighted by Crippen LogP contribution is 2.34. The molecule has 1 aliphatic rings. The Kier molecular flexibility index (Phi) is 4.69. The second-order valence-electron chi connectivity index (χ2n) is 6.10. The zero-order valence-electron chi connectivity index (χ0n) is 14.2. The van der Waals surface area contributed by atoms with Crippen LogP contribution in [0.15, 0.2) is 77.0 Å². The number of hydrogen-bond donors (Lipinski definition) is 1. The maximum atomic E-state index is 12.4. The van der Waals surface area contributed by atoms with Gasteiger partial charge in [0.1, 0.15) is 23.9 Å².